The summed E-state index contributed by atoms with van der Waals surface area (Å²) in [6.07, 6.45) is 0. The molecule has 2 aromatic carbocycles. The maximum Gasteiger partial charge on any atom is 0.275 e. The minimum atomic E-state index is 0.876. The summed E-state index contributed by atoms with van der Waals surface area (Å²) in [4.78, 5) is 6.75. The molecule has 27 heavy (non-hydrogen) atoms. The predicted molar refractivity (Wildman–Crippen MR) is 105 cm³/mol. The fraction of sp³-hybridized carbons (Fsp3) is 0.182. The monoisotopic (exact) mass is 358 g/mol. The normalized spacial score (nSPS) is 15.9. The van der Waals surface area contributed by atoms with Crippen LogP contribution in [-0.4, -0.2) is 37.9 Å². The molecule has 0 spiro atoms. The molecule has 0 saturated heterocycles. The molecule has 3 heterocycles. The van der Waals surface area contributed by atoms with Crippen LogP contribution in [0.2, 0.25) is 0 Å². The SMILES string of the molecule is c1cc(C2=[NH+]CCN2)cc(-c2ccc(-c3cccc(C4=[NH+]CCN4)c3)o2)c1. The van der Waals surface area contributed by atoms with Crippen LogP contribution in [0.25, 0.3) is 22.6 Å². The molecule has 0 fully saturated rings. The van der Waals surface area contributed by atoms with Gasteiger partial charge in [0.05, 0.1) is 11.1 Å². The second-order valence-corrected chi connectivity index (χ2v) is 6.78. The van der Waals surface area contributed by atoms with Gasteiger partial charge in [-0.3, -0.25) is 20.6 Å². The molecule has 0 unspecified atom stereocenters. The Morgan fingerprint density at radius 2 is 1.11 bits per heavy atom. The lowest BCUT2D eigenvalue weighted by Gasteiger charge is -2.02. The molecule has 0 bridgehead atoms. The third-order valence-electron chi connectivity index (χ3n) is 4.93. The first kappa shape index (κ1) is 15.9. The Bertz CT molecular complexity index is 966. The first-order chi connectivity index (χ1) is 13.4. The van der Waals surface area contributed by atoms with Crippen molar-refractivity contribution >= 4 is 11.7 Å². The standard InChI is InChI=1S/C22H20N4O/c1-3-15(13-17(5-1)21-23-9-10-24-21)19-7-8-20(27-19)16-4-2-6-18(14-16)22-25-11-12-26-22/h1-8,13-14H,9-12H2,(H,23,24)(H,25,26)/p+2. The van der Waals surface area contributed by atoms with Crippen LogP contribution in [-0.2, 0) is 0 Å². The zero-order chi connectivity index (χ0) is 18.1. The molecule has 4 N–H and O–H groups in total. The maximum absolute atomic E-state index is 6.19. The average Bonchev–Trinajstić information content (AvgIpc) is 3.51. The van der Waals surface area contributed by atoms with Crippen molar-refractivity contribution in [3.63, 3.8) is 0 Å². The lowest BCUT2D eigenvalue weighted by atomic mass is 10.1. The number of furan rings is 1. The molecule has 1 aromatic heterocycles. The molecule has 5 nitrogen and oxygen atoms in total. The van der Waals surface area contributed by atoms with Crippen molar-refractivity contribution in [1.82, 2.24) is 10.6 Å². The number of hydrogen-bond acceptors (Lipinski definition) is 3. The van der Waals surface area contributed by atoms with Gasteiger partial charge in [-0.2, -0.15) is 0 Å². The van der Waals surface area contributed by atoms with Crippen LogP contribution in [0.5, 0.6) is 0 Å². The van der Waals surface area contributed by atoms with Crippen molar-refractivity contribution in [2.45, 2.75) is 0 Å². The molecule has 0 saturated carbocycles. The number of rotatable bonds is 4. The van der Waals surface area contributed by atoms with Crippen LogP contribution in [0.4, 0.5) is 0 Å². The topological polar surface area (TPSA) is 65.1 Å². The quantitative estimate of drug-likeness (QED) is 0.507. The highest BCUT2D eigenvalue weighted by Gasteiger charge is 2.18. The summed E-state index contributed by atoms with van der Waals surface area (Å²) in [5.41, 5.74) is 4.46. The fourth-order valence-electron chi connectivity index (χ4n) is 3.59. The average molecular weight is 358 g/mol. The van der Waals surface area contributed by atoms with Gasteiger partial charge in [-0.25, -0.2) is 0 Å². The van der Waals surface area contributed by atoms with E-state index in [4.69, 9.17) is 4.42 Å². The molecular weight excluding hydrogens is 336 g/mol. The predicted octanol–water partition coefficient (Wildman–Crippen LogP) is -0.526. The van der Waals surface area contributed by atoms with Crippen molar-refractivity contribution in [3.05, 3.63) is 71.8 Å². The molecule has 134 valence electrons. The van der Waals surface area contributed by atoms with Crippen LogP contribution < -0.4 is 20.6 Å². The van der Waals surface area contributed by atoms with Gasteiger partial charge in [0.15, 0.2) is 0 Å². The minimum absolute atomic E-state index is 0.876. The van der Waals surface area contributed by atoms with E-state index in [1.54, 1.807) is 0 Å². The summed E-state index contributed by atoms with van der Waals surface area (Å²) in [6.45, 7) is 3.85. The van der Waals surface area contributed by atoms with E-state index in [1.165, 1.54) is 0 Å². The Morgan fingerprint density at radius 3 is 1.56 bits per heavy atom. The zero-order valence-electron chi connectivity index (χ0n) is 15.0. The van der Waals surface area contributed by atoms with Crippen LogP contribution in [0.3, 0.4) is 0 Å². The van der Waals surface area contributed by atoms with Crippen molar-refractivity contribution in [2.75, 3.05) is 26.2 Å². The number of nitrogens with one attached hydrogen (secondary N) is 4. The lowest BCUT2D eigenvalue weighted by molar-refractivity contribution is -0.444. The lowest BCUT2D eigenvalue weighted by Crippen LogP contribution is -2.70. The van der Waals surface area contributed by atoms with Gasteiger partial charge in [0.1, 0.15) is 37.7 Å². The van der Waals surface area contributed by atoms with Crippen LogP contribution in [0.15, 0.2) is 65.1 Å². The van der Waals surface area contributed by atoms with Crippen molar-refractivity contribution in [3.8, 4) is 22.6 Å². The molecule has 0 radical (unpaired) electrons. The molecule has 2 aliphatic rings. The largest absolute Gasteiger partial charge is 0.456 e. The van der Waals surface area contributed by atoms with Crippen LogP contribution >= 0.6 is 0 Å². The van der Waals surface area contributed by atoms with E-state index in [0.29, 0.717) is 0 Å². The van der Waals surface area contributed by atoms with E-state index < -0.39 is 0 Å². The summed E-state index contributed by atoms with van der Waals surface area (Å²) in [5.74, 6) is 3.93. The third kappa shape index (κ3) is 3.12. The molecule has 0 amide bonds. The molecule has 0 aliphatic carbocycles. The first-order valence-corrected chi connectivity index (χ1v) is 9.38. The van der Waals surface area contributed by atoms with Gasteiger partial charge in [-0.1, -0.05) is 24.3 Å². The number of hydrogen-bond donors (Lipinski definition) is 4. The van der Waals surface area contributed by atoms with Gasteiger partial charge in [-0.15, -0.1) is 0 Å². The van der Waals surface area contributed by atoms with E-state index in [9.17, 15) is 0 Å². The van der Waals surface area contributed by atoms with E-state index >= 15 is 0 Å². The van der Waals surface area contributed by atoms with Gasteiger partial charge in [0.25, 0.3) is 11.7 Å². The summed E-state index contributed by atoms with van der Waals surface area (Å²) in [5, 5.41) is 6.75. The first-order valence-electron chi connectivity index (χ1n) is 9.38. The Kier molecular flexibility index (Phi) is 3.98. The summed E-state index contributed by atoms with van der Waals surface area (Å²) < 4.78 is 6.19. The second kappa shape index (κ2) is 6.76. The van der Waals surface area contributed by atoms with E-state index in [2.05, 4.69) is 69.1 Å². The fourth-order valence-corrected chi connectivity index (χ4v) is 3.59. The molecular formula is C22H22N4O+2. The molecule has 3 aromatic rings. The van der Waals surface area contributed by atoms with E-state index in [-0.39, 0.29) is 0 Å². The van der Waals surface area contributed by atoms with Gasteiger partial charge in [0, 0.05) is 11.1 Å². The zero-order valence-corrected chi connectivity index (χ0v) is 15.0. The Labute approximate surface area is 157 Å². The van der Waals surface area contributed by atoms with E-state index in [1.807, 2.05) is 12.1 Å². The van der Waals surface area contributed by atoms with Crippen LogP contribution in [0.1, 0.15) is 11.1 Å². The molecule has 2 aliphatic heterocycles. The summed E-state index contributed by atoms with van der Waals surface area (Å²) >= 11 is 0. The number of amidine groups is 2. The Balaban J connectivity index is 1.45. The second-order valence-electron chi connectivity index (χ2n) is 6.78. The van der Waals surface area contributed by atoms with Crippen molar-refractivity contribution < 1.29 is 14.4 Å². The third-order valence-corrected chi connectivity index (χ3v) is 4.93. The summed E-state index contributed by atoms with van der Waals surface area (Å²) in [7, 11) is 0. The Hall–Kier alpha value is -3.34. The molecule has 0 atom stereocenters. The highest BCUT2D eigenvalue weighted by atomic mass is 16.3. The summed E-state index contributed by atoms with van der Waals surface area (Å²) in [6, 6.07) is 20.9. The Morgan fingerprint density at radius 1 is 0.630 bits per heavy atom. The smallest absolute Gasteiger partial charge is 0.275 e. The van der Waals surface area contributed by atoms with Crippen LogP contribution in [0, 0.1) is 0 Å². The van der Waals surface area contributed by atoms with Gasteiger partial charge >= 0.3 is 0 Å². The van der Waals surface area contributed by atoms with Gasteiger partial charge in [-0.05, 0) is 36.4 Å². The van der Waals surface area contributed by atoms with Crippen molar-refractivity contribution in [1.29, 1.82) is 0 Å². The van der Waals surface area contributed by atoms with Crippen molar-refractivity contribution in [2.24, 2.45) is 0 Å². The number of benzene rings is 2. The van der Waals surface area contributed by atoms with E-state index in [0.717, 1.165) is 71.6 Å². The highest BCUT2D eigenvalue weighted by Crippen LogP contribution is 2.29. The minimum Gasteiger partial charge on any atom is -0.456 e. The highest BCUT2D eigenvalue weighted by molar-refractivity contribution is 5.96. The van der Waals surface area contributed by atoms with Gasteiger partial charge in [0.2, 0.25) is 0 Å². The maximum atomic E-state index is 6.19. The molecule has 5 rings (SSSR count). The molecule has 5 heteroatoms. The van der Waals surface area contributed by atoms with Gasteiger partial charge < -0.3 is 4.42 Å².